The number of benzene rings is 1. The number of fused-ring (bicyclic) bond motifs is 1. The van der Waals surface area contributed by atoms with Gasteiger partial charge in [0.05, 0.1) is 22.9 Å². The Bertz CT molecular complexity index is 1910. The molecule has 0 bridgehead atoms. The van der Waals surface area contributed by atoms with E-state index in [9.17, 15) is 4.39 Å². The van der Waals surface area contributed by atoms with Crippen LogP contribution in [0.5, 0.6) is 0 Å². The lowest BCUT2D eigenvalue weighted by atomic mass is 10.0. The van der Waals surface area contributed by atoms with Crippen molar-refractivity contribution in [2.45, 2.75) is 13.5 Å². The molecule has 3 N–H and O–H groups in total. The van der Waals surface area contributed by atoms with Crippen LogP contribution in [0, 0.1) is 5.82 Å². The molecule has 0 saturated carbocycles. The van der Waals surface area contributed by atoms with Crippen LogP contribution in [-0.4, -0.2) is 47.9 Å². The van der Waals surface area contributed by atoms with Gasteiger partial charge in [-0.05, 0) is 60.7 Å². The van der Waals surface area contributed by atoms with Gasteiger partial charge in [-0.2, -0.15) is 19.6 Å². The molecule has 4 heterocycles. The lowest BCUT2D eigenvalue weighted by molar-refractivity contribution is 0.625. The highest BCUT2D eigenvalue weighted by atomic mass is 32.2. The number of aromatic amines is 2. The topological polar surface area (TPSA) is 87.2 Å². The van der Waals surface area contributed by atoms with Crippen molar-refractivity contribution in [1.29, 1.82) is 0 Å². The summed E-state index contributed by atoms with van der Waals surface area (Å²) in [6, 6.07) is 8.89. The molecule has 0 radical (unpaired) electrons. The van der Waals surface area contributed by atoms with Crippen LogP contribution in [0.25, 0.3) is 51.3 Å². The Hall–Kier alpha value is -4.21. The maximum absolute atomic E-state index is 14.6. The maximum Gasteiger partial charge on any atom is 0.124 e. The standard InChI is InChI=1S/C29H30FN7S/c1-7-25-23(10-18(2)21-16-32-37(3)17-21)29(36-35-25)27-14-24-26(34-27)8-9-31-28(24)20-11-19(12-22(30)13-20)15-33-38(4,5)6/h7-14,16-17,33-35H,2,4-5,15H2,1,3,6H3/b23-10+,25-7+. The number of pyridine rings is 1. The van der Waals surface area contributed by atoms with Crippen LogP contribution >= 0.6 is 9.39 Å². The van der Waals surface area contributed by atoms with Gasteiger partial charge in [-0.3, -0.25) is 19.5 Å². The van der Waals surface area contributed by atoms with Crippen LogP contribution < -0.4 is 15.3 Å². The zero-order chi connectivity index (χ0) is 27.0. The molecule has 194 valence electrons. The molecule has 38 heavy (non-hydrogen) atoms. The van der Waals surface area contributed by atoms with Crippen molar-refractivity contribution >= 4 is 49.8 Å². The summed E-state index contributed by atoms with van der Waals surface area (Å²) in [6.45, 7) is 6.67. The quantitative estimate of drug-likeness (QED) is 0.278. The molecule has 0 atom stereocenters. The third-order valence-electron chi connectivity index (χ3n) is 6.18. The molecule has 0 spiro atoms. The van der Waals surface area contributed by atoms with E-state index in [2.05, 4.69) is 48.3 Å². The molecule has 9 heteroatoms. The molecular formula is C29H30FN7S. The van der Waals surface area contributed by atoms with Gasteiger partial charge in [-0.1, -0.05) is 24.4 Å². The van der Waals surface area contributed by atoms with E-state index in [1.165, 1.54) is 12.1 Å². The first-order valence-corrected chi connectivity index (χ1v) is 14.4. The number of rotatable bonds is 7. The van der Waals surface area contributed by atoms with Gasteiger partial charge < -0.3 is 4.98 Å². The molecule has 4 aromatic heterocycles. The summed E-state index contributed by atoms with van der Waals surface area (Å²) in [5.74, 6) is 7.76. The third-order valence-corrected chi connectivity index (χ3v) is 7.02. The molecule has 0 saturated heterocycles. The fourth-order valence-electron chi connectivity index (χ4n) is 4.34. The highest BCUT2D eigenvalue weighted by Gasteiger charge is 2.15. The van der Waals surface area contributed by atoms with Crippen molar-refractivity contribution in [3.63, 3.8) is 0 Å². The monoisotopic (exact) mass is 527 g/mol. The van der Waals surface area contributed by atoms with E-state index in [4.69, 9.17) is 0 Å². The highest BCUT2D eigenvalue weighted by Crippen LogP contribution is 2.30. The Morgan fingerprint density at radius 2 is 2.03 bits per heavy atom. The summed E-state index contributed by atoms with van der Waals surface area (Å²) < 4.78 is 19.7. The smallest absolute Gasteiger partial charge is 0.124 e. The molecule has 0 unspecified atom stereocenters. The Morgan fingerprint density at radius 3 is 2.74 bits per heavy atom. The number of nitrogens with one attached hydrogen (secondary N) is 3. The number of halogens is 1. The van der Waals surface area contributed by atoms with Crippen LogP contribution in [0.4, 0.5) is 4.39 Å². The van der Waals surface area contributed by atoms with Gasteiger partial charge in [0.1, 0.15) is 11.5 Å². The van der Waals surface area contributed by atoms with Crippen molar-refractivity contribution in [1.82, 2.24) is 34.7 Å². The minimum atomic E-state index is -1.42. The second-order valence-electron chi connectivity index (χ2n) is 9.51. The van der Waals surface area contributed by atoms with E-state index in [0.29, 0.717) is 17.8 Å². The Labute approximate surface area is 221 Å². The Morgan fingerprint density at radius 1 is 1.21 bits per heavy atom. The Balaban J connectivity index is 1.60. The van der Waals surface area contributed by atoms with Crippen molar-refractivity contribution in [2.75, 3.05) is 6.26 Å². The molecule has 0 aliphatic heterocycles. The molecule has 0 aliphatic carbocycles. The van der Waals surface area contributed by atoms with Gasteiger partial charge in [0.25, 0.3) is 0 Å². The van der Waals surface area contributed by atoms with Gasteiger partial charge in [0.15, 0.2) is 0 Å². The van der Waals surface area contributed by atoms with E-state index in [-0.39, 0.29) is 5.82 Å². The van der Waals surface area contributed by atoms with Crippen LogP contribution in [0.15, 0.2) is 55.5 Å². The highest BCUT2D eigenvalue weighted by molar-refractivity contribution is 8.25. The molecule has 5 aromatic rings. The molecular weight excluding hydrogens is 497 g/mol. The van der Waals surface area contributed by atoms with E-state index in [0.717, 1.165) is 49.6 Å². The molecule has 0 aliphatic rings. The summed E-state index contributed by atoms with van der Waals surface area (Å²) in [7, 11) is 0.451. The lowest BCUT2D eigenvalue weighted by Gasteiger charge is -2.12. The van der Waals surface area contributed by atoms with Crippen molar-refractivity contribution in [3.8, 4) is 22.6 Å². The summed E-state index contributed by atoms with van der Waals surface area (Å²) >= 11 is 0. The van der Waals surface area contributed by atoms with Crippen LogP contribution in [-0.2, 0) is 13.6 Å². The average Bonchev–Trinajstić information content (AvgIpc) is 3.59. The lowest BCUT2D eigenvalue weighted by Crippen LogP contribution is -2.23. The summed E-state index contributed by atoms with van der Waals surface area (Å²) in [5, 5.41) is 14.6. The summed E-state index contributed by atoms with van der Waals surface area (Å²) in [6.07, 6.45) is 11.4. The van der Waals surface area contributed by atoms with Gasteiger partial charge in [-0.15, -0.1) is 0 Å². The van der Waals surface area contributed by atoms with Gasteiger partial charge in [0.2, 0.25) is 0 Å². The number of aryl methyl sites for hydroxylation is 1. The SMILES string of the molecule is C=C(/C=c1/c(-c2cc3c(-c4cc(F)cc(CNS(=C)(=C)C)c4)nccc3[nH]2)n[nH]/c1=C/C)c1cnn(C)c1. The number of aromatic nitrogens is 6. The molecule has 0 fully saturated rings. The van der Waals surface area contributed by atoms with E-state index in [1.54, 1.807) is 17.1 Å². The normalized spacial score (nSPS) is 13.1. The van der Waals surface area contributed by atoms with Crippen LogP contribution in [0.2, 0.25) is 0 Å². The number of allylic oxidation sites excluding steroid dienone is 1. The molecule has 0 amide bonds. The van der Waals surface area contributed by atoms with Crippen molar-refractivity contribution in [2.24, 2.45) is 7.05 Å². The van der Waals surface area contributed by atoms with Crippen molar-refractivity contribution < 1.29 is 4.39 Å². The van der Waals surface area contributed by atoms with Crippen LogP contribution in [0.3, 0.4) is 0 Å². The fourth-order valence-corrected chi connectivity index (χ4v) is 4.85. The second-order valence-corrected chi connectivity index (χ2v) is 12.3. The van der Waals surface area contributed by atoms with E-state index < -0.39 is 9.39 Å². The van der Waals surface area contributed by atoms with Crippen LogP contribution in [0.1, 0.15) is 18.1 Å². The number of hydrogen-bond acceptors (Lipinski definition) is 4. The summed E-state index contributed by atoms with van der Waals surface area (Å²) in [5.41, 5.74) is 6.40. The summed E-state index contributed by atoms with van der Waals surface area (Å²) in [4.78, 5) is 8.09. The third kappa shape index (κ3) is 5.25. The fraction of sp³-hybridized carbons (Fsp3) is 0.138. The first kappa shape index (κ1) is 25.4. The molecule has 1 aromatic carbocycles. The minimum Gasteiger partial charge on any atom is -0.353 e. The zero-order valence-corrected chi connectivity index (χ0v) is 22.5. The minimum absolute atomic E-state index is 0.320. The molecule has 7 nitrogen and oxygen atoms in total. The Kier molecular flexibility index (Phi) is 6.64. The predicted octanol–water partition coefficient (Wildman–Crippen LogP) is 4.09. The van der Waals surface area contributed by atoms with Gasteiger partial charge in [0, 0.05) is 53.2 Å². The van der Waals surface area contributed by atoms with Crippen molar-refractivity contribution in [3.05, 3.63) is 83.0 Å². The van der Waals surface area contributed by atoms with Gasteiger partial charge >= 0.3 is 0 Å². The first-order valence-electron chi connectivity index (χ1n) is 12.0. The number of nitrogens with zero attached hydrogens (tertiary/aromatic N) is 4. The predicted molar refractivity (Wildman–Crippen MR) is 160 cm³/mol. The first-order chi connectivity index (χ1) is 18.1. The maximum atomic E-state index is 14.6. The average molecular weight is 528 g/mol. The number of H-pyrrole nitrogens is 2. The van der Waals surface area contributed by atoms with E-state index >= 15 is 0 Å². The number of hydrogen-bond donors (Lipinski definition) is 3. The molecule has 5 rings (SSSR count). The van der Waals surface area contributed by atoms with Gasteiger partial charge in [-0.25, -0.2) is 4.39 Å². The van der Waals surface area contributed by atoms with E-state index in [1.807, 2.05) is 56.8 Å². The zero-order valence-electron chi connectivity index (χ0n) is 21.7. The largest absolute Gasteiger partial charge is 0.353 e. The second kappa shape index (κ2) is 9.92.